The van der Waals surface area contributed by atoms with Crippen LogP contribution < -0.4 is 10.6 Å². The van der Waals surface area contributed by atoms with Gasteiger partial charge in [0.25, 0.3) is 0 Å². The summed E-state index contributed by atoms with van der Waals surface area (Å²) in [6, 6.07) is 0.271. The zero-order chi connectivity index (χ0) is 12.7. The van der Waals surface area contributed by atoms with Crippen LogP contribution in [0.2, 0.25) is 0 Å². The van der Waals surface area contributed by atoms with Gasteiger partial charge in [-0.05, 0) is 52.1 Å². The summed E-state index contributed by atoms with van der Waals surface area (Å²) in [6.07, 6.45) is 3.93. The molecule has 0 aromatic rings. The predicted octanol–water partition coefficient (Wildman–Crippen LogP) is 1.31. The standard InChI is InChI=1S/C13H26N2O2/c1-10(17-3)6-7-13(16)15-11(2)12-5-4-8-14-9-12/h10-12,14H,4-9H2,1-3H3,(H,15,16). The molecule has 4 nitrogen and oxygen atoms in total. The second-order valence-corrected chi connectivity index (χ2v) is 5.05. The van der Waals surface area contributed by atoms with E-state index in [4.69, 9.17) is 4.74 Å². The van der Waals surface area contributed by atoms with Crippen LogP contribution in [-0.2, 0) is 9.53 Å². The van der Waals surface area contributed by atoms with Gasteiger partial charge < -0.3 is 15.4 Å². The summed E-state index contributed by atoms with van der Waals surface area (Å²) in [6.45, 7) is 6.23. The van der Waals surface area contributed by atoms with Crippen molar-refractivity contribution in [1.82, 2.24) is 10.6 Å². The summed E-state index contributed by atoms with van der Waals surface area (Å²) in [5.41, 5.74) is 0. The summed E-state index contributed by atoms with van der Waals surface area (Å²) < 4.78 is 5.13. The Bertz CT molecular complexity index is 227. The third kappa shape index (κ3) is 5.50. The van der Waals surface area contributed by atoms with Crippen molar-refractivity contribution in [3.63, 3.8) is 0 Å². The number of carbonyl (C=O) groups excluding carboxylic acids is 1. The van der Waals surface area contributed by atoms with Gasteiger partial charge in [0.15, 0.2) is 0 Å². The van der Waals surface area contributed by atoms with E-state index in [0.29, 0.717) is 12.3 Å². The first-order chi connectivity index (χ1) is 8.13. The Kier molecular flexibility index (Phi) is 6.52. The smallest absolute Gasteiger partial charge is 0.220 e. The van der Waals surface area contributed by atoms with Crippen LogP contribution in [0, 0.1) is 5.92 Å². The van der Waals surface area contributed by atoms with Gasteiger partial charge >= 0.3 is 0 Å². The zero-order valence-electron chi connectivity index (χ0n) is 11.3. The molecule has 1 rings (SSSR count). The van der Waals surface area contributed by atoms with Crippen LogP contribution in [-0.4, -0.2) is 38.3 Å². The van der Waals surface area contributed by atoms with Crippen molar-refractivity contribution in [1.29, 1.82) is 0 Å². The van der Waals surface area contributed by atoms with Crippen LogP contribution in [0.25, 0.3) is 0 Å². The molecular formula is C13H26N2O2. The fraction of sp³-hybridized carbons (Fsp3) is 0.923. The van der Waals surface area contributed by atoms with Crippen molar-refractivity contribution < 1.29 is 9.53 Å². The molecule has 1 heterocycles. The Morgan fingerprint density at radius 2 is 2.29 bits per heavy atom. The summed E-state index contributed by atoms with van der Waals surface area (Å²) in [5, 5.41) is 6.47. The van der Waals surface area contributed by atoms with Gasteiger partial charge in [0.2, 0.25) is 5.91 Å². The fourth-order valence-corrected chi connectivity index (χ4v) is 2.20. The molecule has 3 atom stereocenters. The number of piperidine rings is 1. The SMILES string of the molecule is COC(C)CCC(=O)NC(C)C1CCCNC1. The van der Waals surface area contributed by atoms with Gasteiger partial charge in [-0.3, -0.25) is 4.79 Å². The van der Waals surface area contributed by atoms with E-state index in [-0.39, 0.29) is 18.1 Å². The highest BCUT2D eigenvalue weighted by molar-refractivity contribution is 5.76. The van der Waals surface area contributed by atoms with E-state index in [9.17, 15) is 4.79 Å². The molecule has 1 aliphatic heterocycles. The highest BCUT2D eigenvalue weighted by Gasteiger charge is 2.21. The molecule has 0 aromatic carbocycles. The number of hydrogen-bond acceptors (Lipinski definition) is 3. The van der Waals surface area contributed by atoms with Crippen LogP contribution in [0.1, 0.15) is 39.5 Å². The molecule has 1 fully saturated rings. The first-order valence-corrected chi connectivity index (χ1v) is 6.66. The second kappa shape index (κ2) is 7.67. The normalized spacial score (nSPS) is 24.1. The summed E-state index contributed by atoms with van der Waals surface area (Å²) in [7, 11) is 1.68. The fourth-order valence-electron chi connectivity index (χ4n) is 2.20. The van der Waals surface area contributed by atoms with Gasteiger partial charge in [-0.25, -0.2) is 0 Å². The molecule has 3 unspecified atom stereocenters. The lowest BCUT2D eigenvalue weighted by Crippen LogP contribution is -2.44. The lowest BCUT2D eigenvalue weighted by molar-refractivity contribution is -0.122. The highest BCUT2D eigenvalue weighted by Crippen LogP contribution is 2.14. The van der Waals surface area contributed by atoms with Gasteiger partial charge in [0.1, 0.15) is 0 Å². The van der Waals surface area contributed by atoms with E-state index >= 15 is 0 Å². The molecule has 0 bridgehead atoms. The zero-order valence-corrected chi connectivity index (χ0v) is 11.3. The number of ether oxygens (including phenoxy) is 1. The topological polar surface area (TPSA) is 50.4 Å². The molecule has 0 aliphatic carbocycles. The first-order valence-electron chi connectivity index (χ1n) is 6.66. The molecule has 17 heavy (non-hydrogen) atoms. The average Bonchev–Trinajstić information content (AvgIpc) is 2.36. The molecule has 100 valence electrons. The van der Waals surface area contributed by atoms with Crippen LogP contribution in [0.3, 0.4) is 0 Å². The quantitative estimate of drug-likeness (QED) is 0.738. The lowest BCUT2D eigenvalue weighted by atomic mass is 9.92. The van der Waals surface area contributed by atoms with E-state index in [0.717, 1.165) is 19.5 Å². The lowest BCUT2D eigenvalue weighted by Gasteiger charge is -2.29. The minimum Gasteiger partial charge on any atom is -0.382 e. The van der Waals surface area contributed by atoms with Gasteiger partial charge in [-0.15, -0.1) is 0 Å². The third-order valence-electron chi connectivity index (χ3n) is 3.61. The molecular weight excluding hydrogens is 216 g/mol. The van der Waals surface area contributed by atoms with E-state index in [2.05, 4.69) is 17.6 Å². The van der Waals surface area contributed by atoms with E-state index < -0.39 is 0 Å². The largest absolute Gasteiger partial charge is 0.382 e. The van der Waals surface area contributed by atoms with Crippen molar-refractivity contribution >= 4 is 5.91 Å². The van der Waals surface area contributed by atoms with E-state index in [1.54, 1.807) is 7.11 Å². The molecule has 1 amide bonds. The molecule has 1 aliphatic rings. The van der Waals surface area contributed by atoms with Crippen molar-refractivity contribution in [2.75, 3.05) is 20.2 Å². The minimum absolute atomic E-state index is 0.145. The molecule has 1 saturated heterocycles. The Morgan fingerprint density at radius 3 is 2.88 bits per heavy atom. The Morgan fingerprint density at radius 1 is 1.53 bits per heavy atom. The molecule has 4 heteroatoms. The number of carbonyl (C=O) groups is 1. The van der Waals surface area contributed by atoms with Crippen LogP contribution in [0.15, 0.2) is 0 Å². The van der Waals surface area contributed by atoms with E-state index in [1.165, 1.54) is 12.8 Å². The third-order valence-corrected chi connectivity index (χ3v) is 3.61. The van der Waals surface area contributed by atoms with Crippen LogP contribution in [0.4, 0.5) is 0 Å². The van der Waals surface area contributed by atoms with Crippen LogP contribution in [0.5, 0.6) is 0 Å². The molecule has 0 saturated carbocycles. The van der Waals surface area contributed by atoms with Crippen molar-refractivity contribution in [3.05, 3.63) is 0 Å². The number of amides is 1. The maximum absolute atomic E-state index is 11.7. The Labute approximate surface area is 104 Å². The number of nitrogens with one attached hydrogen (secondary N) is 2. The Balaban J connectivity index is 2.20. The second-order valence-electron chi connectivity index (χ2n) is 5.05. The number of hydrogen-bond donors (Lipinski definition) is 2. The molecule has 0 radical (unpaired) electrons. The minimum atomic E-state index is 0.145. The monoisotopic (exact) mass is 242 g/mol. The highest BCUT2D eigenvalue weighted by atomic mass is 16.5. The van der Waals surface area contributed by atoms with Gasteiger partial charge in [-0.2, -0.15) is 0 Å². The number of rotatable bonds is 6. The van der Waals surface area contributed by atoms with Crippen LogP contribution >= 0.6 is 0 Å². The van der Waals surface area contributed by atoms with Crippen molar-refractivity contribution in [2.45, 2.75) is 51.7 Å². The van der Waals surface area contributed by atoms with Gasteiger partial charge in [-0.1, -0.05) is 0 Å². The maximum Gasteiger partial charge on any atom is 0.220 e. The van der Waals surface area contributed by atoms with Crippen molar-refractivity contribution in [2.24, 2.45) is 5.92 Å². The first kappa shape index (κ1) is 14.5. The molecule has 0 spiro atoms. The number of methoxy groups -OCH3 is 1. The molecule has 0 aromatic heterocycles. The maximum atomic E-state index is 11.7. The average molecular weight is 242 g/mol. The predicted molar refractivity (Wildman–Crippen MR) is 68.9 cm³/mol. The Hall–Kier alpha value is -0.610. The summed E-state index contributed by atoms with van der Waals surface area (Å²) in [5.74, 6) is 0.722. The van der Waals surface area contributed by atoms with Gasteiger partial charge in [0, 0.05) is 19.6 Å². The molecule has 2 N–H and O–H groups in total. The summed E-state index contributed by atoms with van der Waals surface area (Å²) in [4.78, 5) is 11.7. The van der Waals surface area contributed by atoms with Gasteiger partial charge in [0.05, 0.1) is 6.10 Å². The summed E-state index contributed by atoms with van der Waals surface area (Å²) >= 11 is 0. The van der Waals surface area contributed by atoms with Crippen molar-refractivity contribution in [3.8, 4) is 0 Å². The van der Waals surface area contributed by atoms with E-state index in [1.807, 2.05) is 6.92 Å².